The highest BCUT2D eigenvalue weighted by Crippen LogP contribution is 2.42. The Balaban J connectivity index is 2.66. The van der Waals surface area contributed by atoms with Gasteiger partial charge in [-0.2, -0.15) is 0 Å². The third-order valence-electron chi connectivity index (χ3n) is 4.18. The van der Waals surface area contributed by atoms with E-state index in [1.807, 2.05) is 6.92 Å². The molecule has 0 spiro atoms. The lowest BCUT2D eigenvalue weighted by atomic mass is 9.94. The molecule has 1 atom stereocenters. The minimum absolute atomic E-state index is 0.432. The van der Waals surface area contributed by atoms with Crippen LogP contribution in [-0.4, -0.2) is 51.5 Å². The minimum Gasteiger partial charge on any atom is -0.493 e. The van der Waals surface area contributed by atoms with Crippen molar-refractivity contribution < 1.29 is 23.7 Å². The molecule has 1 aromatic carbocycles. The average Bonchev–Trinajstić information content (AvgIpc) is 2.63. The first kappa shape index (κ1) is 18.9. The second-order valence-electron chi connectivity index (χ2n) is 5.39. The quantitative estimate of drug-likeness (QED) is 0.627. The number of hydrogen-bond acceptors (Lipinski definition) is 6. The maximum Gasteiger partial charge on any atom is 0.337 e. The molecule has 7 nitrogen and oxygen atoms in total. The maximum atomic E-state index is 12.4. The van der Waals surface area contributed by atoms with Gasteiger partial charge in [-0.1, -0.05) is 0 Å². The number of ether oxygens (including phenoxy) is 4. The summed E-state index contributed by atoms with van der Waals surface area (Å²) < 4.78 is 21.1. The van der Waals surface area contributed by atoms with Crippen LogP contribution in [0.2, 0.25) is 0 Å². The summed E-state index contributed by atoms with van der Waals surface area (Å²) in [7, 11) is 7.75. The van der Waals surface area contributed by atoms with Crippen molar-refractivity contribution in [2.45, 2.75) is 13.0 Å². The lowest BCUT2D eigenvalue weighted by Gasteiger charge is -2.35. The summed E-state index contributed by atoms with van der Waals surface area (Å²) in [5.74, 6) is 1.03. The van der Waals surface area contributed by atoms with E-state index in [1.165, 1.54) is 28.4 Å². The van der Waals surface area contributed by atoms with Gasteiger partial charge in [-0.3, -0.25) is 0 Å². The number of allylic oxidation sites excluding steroid dienone is 1. The lowest BCUT2D eigenvalue weighted by Crippen LogP contribution is -2.46. The normalized spacial score (nSPS) is 17.1. The highest BCUT2D eigenvalue weighted by Gasteiger charge is 2.34. The van der Waals surface area contributed by atoms with E-state index < -0.39 is 12.0 Å². The van der Waals surface area contributed by atoms with Crippen molar-refractivity contribution in [2.75, 3.05) is 35.5 Å². The van der Waals surface area contributed by atoms with Gasteiger partial charge < -0.3 is 29.2 Å². The Morgan fingerprint density at radius 3 is 2.12 bits per heavy atom. The van der Waals surface area contributed by atoms with E-state index in [0.29, 0.717) is 33.6 Å². The first-order valence-electron chi connectivity index (χ1n) is 7.52. The number of hydrogen-bond donors (Lipinski definition) is 1. The van der Waals surface area contributed by atoms with Crippen LogP contribution in [0.3, 0.4) is 0 Å². The molecule has 1 aromatic rings. The number of benzene rings is 1. The van der Waals surface area contributed by atoms with E-state index >= 15 is 0 Å². The molecule has 0 bridgehead atoms. The van der Waals surface area contributed by atoms with Gasteiger partial charge in [-0.05, 0) is 36.8 Å². The van der Waals surface area contributed by atoms with E-state index in [4.69, 9.17) is 31.2 Å². The fraction of sp³-hybridized carbons (Fsp3) is 0.412. The van der Waals surface area contributed by atoms with Gasteiger partial charge >= 0.3 is 5.97 Å². The van der Waals surface area contributed by atoms with Crippen LogP contribution >= 0.6 is 12.2 Å². The Morgan fingerprint density at radius 2 is 1.68 bits per heavy atom. The predicted octanol–water partition coefficient (Wildman–Crippen LogP) is 2.02. The summed E-state index contributed by atoms with van der Waals surface area (Å²) in [4.78, 5) is 14.1. The van der Waals surface area contributed by atoms with Crippen molar-refractivity contribution in [1.29, 1.82) is 0 Å². The number of nitrogens with zero attached hydrogens (tertiary/aromatic N) is 1. The number of esters is 1. The number of carbonyl (C=O) groups is 1. The Hall–Kier alpha value is -2.48. The van der Waals surface area contributed by atoms with Gasteiger partial charge in [0.25, 0.3) is 0 Å². The number of thiocarbonyl (C=S) groups is 1. The SMILES string of the molecule is COC(=O)C1=C(C)N(C)C(=S)NC1c1cc(OC)c(OC)c(OC)c1. The van der Waals surface area contributed by atoms with Gasteiger partial charge in [-0.25, -0.2) is 4.79 Å². The molecule has 0 saturated heterocycles. The highest BCUT2D eigenvalue weighted by atomic mass is 32.1. The molecule has 1 unspecified atom stereocenters. The molecule has 0 aromatic heterocycles. The van der Waals surface area contributed by atoms with Crippen molar-refractivity contribution in [3.8, 4) is 17.2 Å². The van der Waals surface area contributed by atoms with Crippen LogP contribution in [0.25, 0.3) is 0 Å². The molecule has 1 heterocycles. The van der Waals surface area contributed by atoms with Crippen LogP contribution in [0.1, 0.15) is 18.5 Å². The average molecular weight is 366 g/mol. The molecule has 0 radical (unpaired) electrons. The Labute approximate surface area is 152 Å². The second kappa shape index (κ2) is 7.60. The minimum atomic E-state index is -0.496. The molecule has 2 rings (SSSR count). The van der Waals surface area contributed by atoms with Gasteiger partial charge in [0.05, 0.1) is 40.1 Å². The molecular formula is C17H22N2O5S. The topological polar surface area (TPSA) is 69.3 Å². The van der Waals surface area contributed by atoms with Gasteiger partial charge in [0, 0.05) is 12.7 Å². The summed E-state index contributed by atoms with van der Waals surface area (Å²) in [5.41, 5.74) is 1.92. The fourth-order valence-corrected chi connectivity index (χ4v) is 2.98. The smallest absolute Gasteiger partial charge is 0.337 e. The molecule has 0 saturated carbocycles. The molecule has 1 aliphatic rings. The van der Waals surface area contributed by atoms with Crippen LogP contribution in [0, 0.1) is 0 Å². The molecule has 25 heavy (non-hydrogen) atoms. The van der Waals surface area contributed by atoms with Crippen molar-refractivity contribution in [3.05, 3.63) is 29.0 Å². The van der Waals surface area contributed by atoms with Crippen LogP contribution in [0.4, 0.5) is 0 Å². The third kappa shape index (κ3) is 3.34. The molecule has 0 aliphatic carbocycles. The summed E-state index contributed by atoms with van der Waals surface area (Å²) in [5, 5.41) is 3.67. The van der Waals surface area contributed by atoms with Crippen molar-refractivity contribution in [2.24, 2.45) is 0 Å². The summed E-state index contributed by atoms with van der Waals surface area (Å²) >= 11 is 5.37. The monoisotopic (exact) mass is 366 g/mol. The van der Waals surface area contributed by atoms with Crippen molar-refractivity contribution in [3.63, 3.8) is 0 Å². The number of methoxy groups -OCH3 is 4. The molecule has 8 heteroatoms. The molecule has 1 aliphatic heterocycles. The summed E-state index contributed by atoms with van der Waals surface area (Å²) in [6.07, 6.45) is 0. The van der Waals surface area contributed by atoms with Crippen molar-refractivity contribution in [1.82, 2.24) is 10.2 Å². The van der Waals surface area contributed by atoms with Gasteiger partial charge in [0.15, 0.2) is 16.6 Å². The van der Waals surface area contributed by atoms with E-state index in [0.717, 1.165) is 5.56 Å². The van der Waals surface area contributed by atoms with Gasteiger partial charge in [0.1, 0.15) is 0 Å². The first-order valence-corrected chi connectivity index (χ1v) is 7.93. The molecule has 0 amide bonds. The number of carbonyl (C=O) groups excluding carboxylic acids is 1. The summed E-state index contributed by atoms with van der Waals surface area (Å²) in [6.45, 7) is 1.82. The zero-order valence-corrected chi connectivity index (χ0v) is 15.9. The van der Waals surface area contributed by atoms with E-state index in [-0.39, 0.29) is 0 Å². The van der Waals surface area contributed by atoms with Crippen LogP contribution < -0.4 is 19.5 Å². The molecule has 136 valence electrons. The molecular weight excluding hydrogens is 344 g/mol. The largest absolute Gasteiger partial charge is 0.493 e. The highest BCUT2D eigenvalue weighted by molar-refractivity contribution is 7.80. The Kier molecular flexibility index (Phi) is 5.73. The van der Waals surface area contributed by atoms with Crippen molar-refractivity contribution >= 4 is 23.3 Å². The zero-order chi connectivity index (χ0) is 18.7. The van der Waals surface area contributed by atoms with Crippen LogP contribution in [-0.2, 0) is 9.53 Å². The van der Waals surface area contributed by atoms with Crippen LogP contribution in [0.5, 0.6) is 17.2 Å². The zero-order valence-electron chi connectivity index (χ0n) is 15.1. The second-order valence-corrected chi connectivity index (χ2v) is 5.78. The van der Waals surface area contributed by atoms with Crippen LogP contribution in [0.15, 0.2) is 23.4 Å². The Bertz CT molecular complexity index is 707. The fourth-order valence-electron chi connectivity index (χ4n) is 2.73. The maximum absolute atomic E-state index is 12.4. The first-order chi connectivity index (χ1) is 11.9. The number of rotatable bonds is 5. The van der Waals surface area contributed by atoms with E-state index in [2.05, 4.69) is 5.32 Å². The predicted molar refractivity (Wildman–Crippen MR) is 97.1 cm³/mol. The third-order valence-corrected chi connectivity index (χ3v) is 4.57. The Morgan fingerprint density at radius 1 is 1.12 bits per heavy atom. The van der Waals surface area contributed by atoms with E-state index in [1.54, 1.807) is 24.1 Å². The number of nitrogens with one attached hydrogen (secondary N) is 1. The van der Waals surface area contributed by atoms with Gasteiger partial charge in [-0.15, -0.1) is 0 Å². The molecule has 1 N–H and O–H groups in total. The summed E-state index contributed by atoms with van der Waals surface area (Å²) in [6, 6.07) is 3.07. The van der Waals surface area contributed by atoms with Gasteiger partial charge in [0.2, 0.25) is 5.75 Å². The molecule has 0 fully saturated rings. The lowest BCUT2D eigenvalue weighted by molar-refractivity contribution is -0.136. The standard InChI is InChI=1S/C17H22N2O5S/c1-9-13(16(20)24-6)14(18-17(25)19(9)2)10-7-11(21-3)15(23-5)12(8-10)22-4/h7-8,14H,1-6H3,(H,18,25). The van der Waals surface area contributed by atoms with E-state index in [9.17, 15) is 4.79 Å².